The SMILES string of the molecule is O=C(CNC1CCCC1)C1CC1c1ccccc1. The normalized spacial score (nSPS) is 27.3. The molecule has 3 rings (SSSR count). The fourth-order valence-corrected chi connectivity index (χ4v) is 3.13. The van der Waals surface area contributed by atoms with Crippen LogP contribution in [0.15, 0.2) is 30.3 Å². The molecule has 2 nitrogen and oxygen atoms in total. The lowest BCUT2D eigenvalue weighted by molar-refractivity contribution is -0.119. The molecule has 0 saturated heterocycles. The van der Waals surface area contributed by atoms with E-state index in [1.807, 2.05) is 6.07 Å². The first kappa shape index (κ1) is 11.9. The Morgan fingerprint density at radius 2 is 1.89 bits per heavy atom. The maximum absolute atomic E-state index is 12.1. The molecule has 0 radical (unpaired) electrons. The molecule has 2 aliphatic rings. The zero-order valence-corrected chi connectivity index (χ0v) is 10.8. The number of nitrogens with one attached hydrogen (secondary N) is 1. The van der Waals surface area contributed by atoms with Crippen molar-refractivity contribution in [1.82, 2.24) is 5.32 Å². The Morgan fingerprint density at radius 1 is 1.17 bits per heavy atom. The summed E-state index contributed by atoms with van der Waals surface area (Å²) in [5.74, 6) is 1.18. The maximum atomic E-state index is 12.1. The Labute approximate surface area is 109 Å². The number of carbonyl (C=O) groups is 1. The van der Waals surface area contributed by atoms with Crippen molar-refractivity contribution in [2.45, 2.75) is 44.1 Å². The van der Waals surface area contributed by atoms with Crippen molar-refractivity contribution in [3.63, 3.8) is 0 Å². The van der Waals surface area contributed by atoms with E-state index in [-0.39, 0.29) is 5.92 Å². The van der Waals surface area contributed by atoms with Crippen molar-refractivity contribution < 1.29 is 4.79 Å². The summed E-state index contributed by atoms with van der Waals surface area (Å²) < 4.78 is 0. The molecular formula is C16H21NO. The van der Waals surface area contributed by atoms with Gasteiger partial charge in [-0.1, -0.05) is 43.2 Å². The third-order valence-corrected chi connectivity index (χ3v) is 4.35. The molecule has 1 aromatic carbocycles. The van der Waals surface area contributed by atoms with Gasteiger partial charge in [-0.25, -0.2) is 0 Å². The molecule has 1 N–H and O–H groups in total. The second kappa shape index (κ2) is 5.23. The molecule has 2 unspecified atom stereocenters. The van der Waals surface area contributed by atoms with Crippen molar-refractivity contribution in [3.8, 4) is 0 Å². The number of benzene rings is 1. The van der Waals surface area contributed by atoms with E-state index in [1.54, 1.807) is 0 Å². The van der Waals surface area contributed by atoms with Gasteiger partial charge in [-0.15, -0.1) is 0 Å². The van der Waals surface area contributed by atoms with E-state index in [0.29, 0.717) is 24.3 Å². The molecule has 0 aromatic heterocycles. The minimum Gasteiger partial charge on any atom is -0.307 e. The summed E-state index contributed by atoms with van der Waals surface area (Å²) in [5, 5.41) is 3.43. The average Bonchev–Trinajstić information content (AvgIpc) is 3.05. The Bertz CT molecular complexity index is 408. The van der Waals surface area contributed by atoms with E-state index in [0.717, 1.165) is 6.42 Å². The highest BCUT2D eigenvalue weighted by atomic mass is 16.1. The fraction of sp³-hybridized carbons (Fsp3) is 0.562. The fourth-order valence-electron chi connectivity index (χ4n) is 3.13. The van der Waals surface area contributed by atoms with Crippen LogP contribution in [0, 0.1) is 5.92 Å². The van der Waals surface area contributed by atoms with Crippen molar-refractivity contribution in [2.24, 2.45) is 5.92 Å². The number of ketones is 1. The van der Waals surface area contributed by atoms with Crippen LogP contribution in [-0.4, -0.2) is 18.4 Å². The lowest BCUT2D eigenvalue weighted by atomic mass is 10.1. The second-order valence-corrected chi connectivity index (χ2v) is 5.69. The molecule has 0 aliphatic heterocycles. The smallest absolute Gasteiger partial charge is 0.150 e. The van der Waals surface area contributed by atoms with Gasteiger partial charge in [0.2, 0.25) is 0 Å². The third kappa shape index (κ3) is 2.64. The summed E-state index contributed by atoms with van der Waals surface area (Å²) in [6.45, 7) is 0.582. The summed E-state index contributed by atoms with van der Waals surface area (Å²) in [5.41, 5.74) is 1.33. The molecule has 0 spiro atoms. The number of Topliss-reactive ketones (excluding diaryl/α,β-unsaturated/α-hetero) is 1. The van der Waals surface area contributed by atoms with E-state index >= 15 is 0 Å². The number of carbonyl (C=O) groups excluding carboxylic acids is 1. The summed E-state index contributed by atoms with van der Waals surface area (Å²) in [4.78, 5) is 12.1. The zero-order chi connectivity index (χ0) is 12.4. The van der Waals surface area contributed by atoms with Crippen molar-refractivity contribution in [1.29, 1.82) is 0 Å². The van der Waals surface area contributed by atoms with Crippen molar-refractivity contribution in [3.05, 3.63) is 35.9 Å². The standard InChI is InChI=1S/C16H21NO/c18-16(11-17-13-8-4-5-9-13)15-10-14(15)12-6-2-1-3-7-12/h1-3,6-7,13-15,17H,4-5,8-11H2. The van der Waals surface area contributed by atoms with Crippen molar-refractivity contribution >= 4 is 5.78 Å². The lowest BCUT2D eigenvalue weighted by Crippen LogP contribution is -2.32. The van der Waals surface area contributed by atoms with Crippen LogP contribution < -0.4 is 5.32 Å². The van der Waals surface area contributed by atoms with Gasteiger partial charge >= 0.3 is 0 Å². The first-order valence-electron chi connectivity index (χ1n) is 7.15. The molecular weight excluding hydrogens is 222 g/mol. The molecule has 2 saturated carbocycles. The summed E-state index contributed by atoms with van der Waals surface area (Å²) in [6.07, 6.45) is 6.19. The average molecular weight is 243 g/mol. The maximum Gasteiger partial charge on any atom is 0.150 e. The minimum absolute atomic E-state index is 0.279. The van der Waals surface area contributed by atoms with Crippen molar-refractivity contribution in [2.75, 3.05) is 6.54 Å². The molecule has 96 valence electrons. The van der Waals surface area contributed by atoms with E-state index < -0.39 is 0 Å². The quantitative estimate of drug-likeness (QED) is 0.861. The Balaban J connectivity index is 1.47. The highest BCUT2D eigenvalue weighted by Gasteiger charge is 2.43. The number of hydrogen-bond donors (Lipinski definition) is 1. The van der Waals surface area contributed by atoms with Gasteiger partial charge in [-0.3, -0.25) is 4.79 Å². The minimum atomic E-state index is 0.279. The summed E-state index contributed by atoms with van der Waals surface area (Å²) in [6, 6.07) is 11.0. The number of rotatable bonds is 5. The van der Waals surface area contributed by atoms with Gasteiger partial charge in [0, 0.05) is 12.0 Å². The van der Waals surface area contributed by atoms with Crippen LogP contribution in [0.25, 0.3) is 0 Å². The second-order valence-electron chi connectivity index (χ2n) is 5.69. The van der Waals surface area contributed by atoms with Gasteiger partial charge in [0.25, 0.3) is 0 Å². The molecule has 1 aromatic rings. The van der Waals surface area contributed by atoms with E-state index in [2.05, 4.69) is 29.6 Å². The summed E-state index contributed by atoms with van der Waals surface area (Å²) in [7, 11) is 0. The Hall–Kier alpha value is -1.15. The topological polar surface area (TPSA) is 29.1 Å². The molecule has 0 bridgehead atoms. The molecule has 2 heteroatoms. The highest BCUT2D eigenvalue weighted by Crippen LogP contribution is 2.47. The van der Waals surface area contributed by atoms with Crippen LogP contribution >= 0.6 is 0 Å². The van der Waals surface area contributed by atoms with Crippen LogP contribution in [0.1, 0.15) is 43.6 Å². The predicted octanol–water partition coefficient (Wildman–Crippen LogP) is 2.89. The molecule has 2 fully saturated rings. The van der Waals surface area contributed by atoms with Crippen LogP contribution in [0.5, 0.6) is 0 Å². The predicted molar refractivity (Wildman–Crippen MR) is 72.6 cm³/mol. The van der Waals surface area contributed by atoms with Gasteiger partial charge in [-0.05, 0) is 30.7 Å². The van der Waals surface area contributed by atoms with Gasteiger partial charge in [-0.2, -0.15) is 0 Å². The molecule has 0 amide bonds. The van der Waals surface area contributed by atoms with E-state index in [4.69, 9.17) is 0 Å². The van der Waals surface area contributed by atoms with Gasteiger partial charge < -0.3 is 5.32 Å². The van der Waals surface area contributed by atoms with Gasteiger partial charge in [0.05, 0.1) is 6.54 Å². The highest BCUT2D eigenvalue weighted by molar-refractivity contribution is 5.86. The molecule has 2 atom stereocenters. The van der Waals surface area contributed by atoms with Gasteiger partial charge in [0.15, 0.2) is 0 Å². The largest absolute Gasteiger partial charge is 0.307 e. The first-order chi connectivity index (χ1) is 8.84. The van der Waals surface area contributed by atoms with Crippen LogP contribution in [0.3, 0.4) is 0 Å². The van der Waals surface area contributed by atoms with Crippen LogP contribution in [-0.2, 0) is 4.79 Å². The van der Waals surface area contributed by atoms with E-state index in [9.17, 15) is 4.79 Å². The molecule has 0 heterocycles. The third-order valence-electron chi connectivity index (χ3n) is 4.35. The van der Waals surface area contributed by atoms with Crippen LogP contribution in [0.2, 0.25) is 0 Å². The molecule has 2 aliphatic carbocycles. The Morgan fingerprint density at radius 3 is 2.61 bits per heavy atom. The molecule has 18 heavy (non-hydrogen) atoms. The lowest BCUT2D eigenvalue weighted by Gasteiger charge is -2.10. The Kier molecular flexibility index (Phi) is 3.46. The number of hydrogen-bond acceptors (Lipinski definition) is 2. The first-order valence-corrected chi connectivity index (χ1v) is 7.15. The summed E-state index contributed by atoms with van der Waals surface area (Å²) >= 11 is 0. The monoisotopic (exact) mass is 243 g/mol. The zero-order valence-electron chi connectivity index (χ0n) is 10.8. The van der Waals surface area contributed by atoms with Gasteiger partial charge in [0.1, 0.15) is 5.78 Å². The van der Waals surface area contributed by atoms with E-state index in [1.165, 1.54) is 31.2 Å². The van der Waals surface area contributed by atoms with Crippen LogP contribution in [0.4, 0.5) is 0 Å².